The summed E-state index contributed by atoms with van der Waals surface area (Å²) in [5, 5.41) is 7.30. The van der Waals surface area contributed by atoms with E-state index < -0.39 is 0 Å². The Labute approximate surface area is 152 Å². The maximum Gasteiger partial charge on any atom is 0.270 e. The number of nitrogens with zero attached hydrogens (tertiary/aromatic N) is 2. The fraction of sp³-hybridized carbons (Fsp3) is 0.500. The number of aryl methyl sites for hydroxylation is 1. The molecule has 1 aromatic heterocycles. The summed E-state index contributed by atoms with van der Waals surface area (Å²) in [4.78, 5) is 12.7. The highest BCUT2D eigenvalue weighted by atomic mass is 19.1. The lowest BCUT2D eigenvalue weighted by atomic mass is 9.99. The molecular formula is C20H24FN3O2. The van der Waals surface area contributed by atoms with Crippen LogP contribution in [0, 0.1) is 5.82 Å². The molecule has 138 valence electrons. The van der Waals surface area contributed by atoms with E-state index in [4.69, 9.17) is 4.74 Å². The first-order chi connectivity index (χ1) is 12.4. The second kappa shape index (κ2) is 6.50. The number of nitrogens with one attached hydrogen (secondary N) is 1. The van der Waals surface area contributed by atoms with Crippen molar-refractivity contribution in [1.29, 1.82) is 0 Å². The molecule has 1 amide bonds. The predicted octanol–water partition coefficient (Wildman–Crippen LogP) is 3.39. The number of carbonyl (C=O) groups excluding carboxylic acids is 1. The third-order valence-corrected chi connectivity index (χ3v) is 5.27. The van der Waals surface area contributed by atoms with Crippen LogP contribution in [0.5, 0.6) is 0 Å². The summed E-state index contributed by atoms with van der Waals surface area (Å²) in [5.41, 5.74) is 3.85. The molecule has 2 heterocycles. The van der Waals surface area contributed by atoms with Gasteiger partial charge in [0.1, 0.15) is 11.5 Å². The number of aromatic nitrogens is 2. The van der Waals surface area contributed by atoms with E-state index in [9.17, 15) is 9.18 Å². The minimum Gasteiger partial charge on any atom is -0.369 e. The van der Waals surface area contributed by atoms with Gasteiger partial charge in [-0.25, -0.2) is 4.39 Å². The van der Waals surface area contributed by atoms with Crippen molar-refractivity contribution in [2.24, 2.45) is 7.05 Å². The molecule has 1 aliphatic carbocycles. The molecule has 2 atom stereocenters. The average Bonchev–Trinajstić information content (AvgIpc) is 3.37. The second-order valence-electron chi connectivity index (χ2n) is 7.44. The zero-order valence-corrected chi connectivity index (χ0v) is 15.4. The highest BCUT2D eigenvalue weighted by Crippen LogP contribution is 2.40. The SMILES string of the molecule is C[C@@H]1Cc2c(nn(C)c2C(=O)NCc2ccc(C3CC3)cc2F)[C@H](C)O1. The van der Waals surface area contributed by atoms with Crippen molar-refractivity contribution >= 4 is 5.91 Å². The lowest BCUT2D eigenvalue weighted by molar-refractivity contribution is -0.00710. The van der Waals surface area contributed by atoms with Crippen LogP contribution >= 0.6 is 0 Å². The van der Waals surface area contributed by atoms with E-state index in [0.29, 0.717) is 23.6 Å². The third-order valence-electron chi connectivity index (χ3n) is 5.27. The van der Waals surface area contributed by atoms with Crippen LogP contribution < -0.4 is 5.32 Å². The molecule has 1 aromatic carbocycles. The molecule has 5 nitrogen and oxygen atoms in total. The molecule has 2 aliphatic rings. The van der Waals surface area contributed by atoms with Crippen LogP contribution in [0.2, 0.25) is 0 Å². The van der Waals surface area contributed by atoms with Crippen molar-refractivity contribution in [3.05, 3.63) is 52.1 Å². The van der Waals surface area contributed by atoms with E-state index in [1.807, 2.05) is 19.9 Å². The van der Waals surface area contributed by atoms with Gasteiger partial charge in [0.2, 0.25) is 0 Å². The number of hydrogen-bond acceptors (Lipinski definition) is 3. The summed E-state index contributed by atoms with van der Waals surface area (Å²) in [6.07, 6.45) is 2.85. The van der Waals surface area contributed by atoms with Crippen LogP contribution in [-0.2, 0) is 24.8 Å². The van der Waals surface area contributed by atoms with Crippen molar-refractivity contribution in [3.8, 4) is 0 Å². The minimum atomic E-state index is -0.252. The Balaban J connectivity index is 1.51. The second-order valence-corrected chi connectivity index (χ2v) is 7.44. The Bertz CT molecular complexity index is 857. The largest absolute Gasteiger partial charge is 0.369 e. The summed E-state index contributed by atoms with van der Waals surface area (Å²) >= 11 is 0. The molecule has 0 unspecified atom stereocenters. The zero-order chi connectivity index (χ0) is 18.4. The van der Waals surface area contributed by atoms with Gasteiger partial charge in [-0.1, -0.05) is 12.1 Å². The van der Waals surface area contributed by atoms with Gasteiger partial charge >= 0.3 is 0 Å². The van der Waals surface area contributed by atoms with Crippen LogP contribution in [-0.4, -0.2) is 21.8 Å². The smallest absolute Gasteiger partial charge is 0.270 e. The van der Waals surface area contributed by atoms with Gasteiger partial charge in [-0.05, 0) is 44.2 Å². The Morgan fingerprint density at radius 2 is 2.15 bits per heavy atom. The molecule has 0 bridgehead atoms. The minimum absolute atomic E-state index is 0.0423. The van der Waals surface area contributed by atoms with E-state index >= 15 is 0 Å². The van der Waals surface area contributed by atoms with Gasteiger partial charge in [-0.2, -0.15) is 5.10 Å². The Hall–Kier alpha value is -2.21. The fourth-order valence-electron chi connectivity index (χ4n) is 3.79. The Kier molecular flexibility index (Phi) is 4.31. The summed E-state index contributed by atoms with van der Waals surface area (Å²) in [6, 6.07) is 5.35. The van der Waals surface area contributed by atoms with Crippen LogP contribution in [0.15, 0.2) is 18.2 Å². The molecule has 1 N–H and O–H groups in total. The van der Waals surface area contributed by atoms with Crippen molar-refractivity contribution in [2.45, 2.75) is 57.8 Å². The normalized spacial score (nSPS) is 22.2. The van der Waals surface area contributed by atoms with E-state index in [-0.39, 0.29) is 30.5 Å². The van der Waals surface area contributed by atoms with Gasteiger partial charge in [0, 0.05) is 31.1 Å². The first kappa shape index (κ1) is 17.2. The van der Waals surface area contributed by atoms with Gasteiger partial charge in [0.25, 0.3) is 5.91 Å². The third kappa shape index (κ3) is 3.14. The van der Waals surface area contributed by atoms with E-state index in [1.165, 1.54) is 0 Å². The molecular weight excluding hydrogens is 333 g/mol. The highest BCUT2D eigenvalue weighted by molar-refractivity contribution is 5.94. The van der Waals surface area contributed by atoms with Crippen molar-refractivity contribution in [2.75, 3.05) is 0 Å². The lowest BCUT2D eigenvalue weighted by Crippen LogP contribution is -2.28. The van der Waals surface area contributed by atoms with Gasteiger partial charge in [0.15, 0.2) is 0 Å². The van der Waals surface area contributed by atoms with Gasteiger partial charge in [-0.3, -0.25) is 9.48 Å². The number of carbonyl (C=O) groups is 1. The van der Waals surface area contributed by atoms with E-state index in [0.717, 1.165) is 29.7 Å². The number of fused-ring (bicyclic) bond motifs is 1. The summed E-state index contributed by atoms with van der Waals surface area (Å²) in [7, 11) is 1.76. The van der Waals surface area contributed by atoms with Gasteiger partial charge < -0.3 is 10.1 Å². The van der Waals surface area contributed by atoms with E-state index in [1.54, 1.807) is 23.9 Å². The lowest BCUT2D eigenvalue weighted by Gasteiger charge is -2.24. The summed E-state index contributed by atoms with van der Waals surface area (Å²) in [6.45, 7) is 4.10. The first-order valence-electron chi connectivity index (χ1n) is 9.21. The number of benzene rings is 1. The van der Waals surface area contributed by atoms with Crippen molar-refractivity contribution in [3.63, 3.8) is 0 Å². The number of halogens is 1. The van der Waals surface area contributed by atoms with Gasteiger partial charge in [0.05, 0.1) is 17.9 Å². The first-order valence-corrected chi connectivity index (χ1v) is 9.21. The van der Waals surface area contributed by atoms with Crippen LogP contribution in [0.4, 0.5) is 4.39 Å². The van der Waals surface area contributed by atoms with Crippen molar-refractivity contribution in [1.82, 2.24) is 15.1 Å². The molecule has 0 radical (unpaired) electrons. The quantitative estimate of drug-likeness (QED) is 0.913. The molecule has 26 heavy (non-hydrogen) atoms. The highest BCUT2D eigenvalue weighted by Gasteiger charge is 2.31. The molecule has 2 aromatic rings. The standard InChI is InChI=1S/C20H24FN3O2/c1-11-8-16-18(12(2)26-11)23-24(3)19(16)20(25)22-10-15-7-6-14(9-17(15)21)13-4-5-13/h6-7,9,11-13H,4-5,8,10H2,1-3H3,(H,22,25)/t11-,12+/m1/s1. The molecule has 1 aliphatic heterocycles. The molecule has 0 spiro atoms. The molecule has 4 rings (SSSR count). The summed E-state index contributed by atoms with van der Waals surface area (Å²) in [5.74, 6) is 0.0332. The Morgan fingerprint density at radius 3 is 2.85 bits per heavy atom. The topological polar surface area (TPSA) is 56.2 Å². The number of hydrogen-bond donors (Lipinski definition) is 1. The summed E-state index contributed by atoms with van der Waals surface area (Å²) < 4.78 is 21.7. The number of rotatable bonds is 4. The monoisotopic (exact) mass is 357 g/mol. The Morgan fingerprint density at radius 1 is 1.38 bits per heavy atom. The maximum atomic E-state index is 14.3. The molecule has 1 fully saturated rings. The molecule has 0 saturated heterocycles. The van der Waals surface area contributed by atoms with Crippen LogP contribution in [0.25, 0.3) is 0 Å². The van der Waals surface area contributed by atoms with Crippen molar-refractivity contribution < 1.29 is 13.9 Å². The van der Waals surface area contributed by atoms with Crippen LogP contribution in [0.3, 0.4) is 0 Å². The van der Waals surface area contributed by atoms with Crippen LogP contribution in [0.1, 0.15) is 71.6 Å². The average molecular weight is 357 g/mol. The zero-order valence-electron chi connectivity index (χ0n) is 15.4. The predicted molar refractivity (Wildman–Crippen MR) is 95.4 cm³/mol. The molecule has 1 saturated carbocycles. The van der Waals surface area contributed by atoms with Gasteiger partial charge in [-0.15, -0.1) is 0 Å². The van der Waals surface area contributed by atoms with E-state index in [2.05, 4.69) is 10.4 Å². The molecule has 6 heteroatoms. The fourth-order valence-corrected chi connectivity index (χ4v) is 3.79. The number of amides is 1. The maximum absolute atomic E-state index is 14.3. The number of ether oxygens (including phenoxy) is 1.